The van der Waals surface area contributed by atoms with Crippen LogP contribution in [-0.2, 0) is 6.42 Å². The highest BCUT2D eigenvalue weighted by Crippen LogP contribution is 2.47. The number of hydrogen-bond donors (Lipinski definition) is 1. The lowest BCUT2D eigenvalue weighted by Gasteiger charge is -2.37. The molecule has 17 heavy (non-hydrogen) atoms. The Balaban J connectivity index is 1.67. The summed E-state index contributed by atoms with van der Waals surface area (Å²) in [5.41, 5.74) is 0.860. The van der Waals surface area contributed by atoms with Gasteiger partial charge in [0, 0.05) is 6.42 Å². The van der Waals surface area contributed by atoms with Crippen LogP contribution in [-0.4, -0.2) is 10.7 Å². The molecule has 1 nitrogen and oxygen atoms in total. The van der Waals surface area contributed by atoms with Gasteiger partial charge in [0.15, 0.2) is 0 Å². The SMILES string of the molecule is OC1(Cc2ccccc2)CCCC(C2CC2)C1. The van der Waals surface area contributed by atoms with Crippen LogP contribution >= 0.6 is 0 Å². The fourth-order valence-electron chi connectivity index (χ4n) is 3.49. The summed E-state index contributed by atoms with van der Waals surface area (Å²) in [6.07, 6.45) is 8.25. The van der Waals surface area contributed by atoms with Crippen LogP contribution in [0.3, 0.4) is 0 Å². The molecular formula is C16H22O. The molecule has 92 valence electrons. The smallest absolute Gasteiger partial charge is 0.0690 e. The first-order valence-corrected chi connectivity index (χ1v) is 7.01. The Morgan fingerprint density at radius 1 is 1.06 bits per heavy atom. The van der Waals surface area contributed by atoms with Crippen molar-refractivity contribution in [1.29, 1.82) is 0 Å². The first kappa shape index (κ1) is 11.3. The van der Waals surface area contributed by atoms with E-state index in [-0.39, 0.29) is 0 Å². The van der Waals surface area contributed by atoms with Gasteiger partial charge in [-0.15, -0.1) is 0 Å². The van der Waals surface area contributed by atoms with E-state index in [0.717, 1.165) is 31.1 Å². The molecule has 0 bridgehead atoms. The first-order chi connectivity index (χ1) is 8.25. The number of benzene rings is 1. The van der Waals surface area contributed by atoms with Crippen molar-refractivity contribution in [2.24, 2.45) is 11.8 Å². The molecule has 0 spiro atoms. The molecule has 0 heterocycles. The standard InChI is InChI=1S/C16H22O/c17-16(11-13-5-2-1-3-6-13)10-4-7-15(12-16)14-8-9-14/h1-3,5-6,14-15,17H,4,7-12H2. The topological polar surface area (TPSA) is 20.2 Å². The van der Waals surface area contributed by atoms with Gasteiger partial charge in [0.05, 0.1) is 5.60 Å². The maximum atomic E-state index is 10.8. The highest BCUT2D eigenvalue weighted by molar-refractivity contribution is 5.17. The molecule has 0 amide bonds. The summed E-state index contributed by atoms with van der Waals surface area (Å²) in [5, 5.41) is 10.8. The van der Waals surface area contributed by atoms with E-state index in [1.165, 1.54) is 31.2 Å². The van der Waals surface area contributed by atoms with Gasteiger partial charge in [0.1, 0.15) is 0 Å². The second kappa shape index (κ2) is 4.45. The molecule has 2 saturated carbocycles. The van der Waals surface area contributed by atoms with Gasteiger partial charge in [-0.2, -0.15) is 0 Å². The predicted octanol–water partition coefficient (Wildman–Crippen LogP) is 3.56. The predicted molar refractivity (Wildman–Crippen MR) is 69.8 cm³/mol. The Hall–Kier alpha value is -0.820. The van der Waals surface area contributed by atoms with Crippen molar-refractivity contribution in [3.63, 3.8) is 0 Å². The van der Waals surface area contributed by atoms with Crippen LogP contribution in [0.4, 0.5) is 0 Å². The number of hydrogen-bond acceptors (Lipinski definition) is 1. The number of aliphatic hydroxyl groups is 1. The summed E-state index contributed by atoms with van der Waals surface area (Å²) < 4.78 is 0. The first-order valence-electron chi connectivity index (χ1n) is 7.01. The van der Waals surface area contributed by atoms with Crippen molar-refractivity contribution in [3.05, 3.63) is 35.9 Å². The van der Waals surface area contributed by atoms with E-state index in [1.807, 2.05) is 6.07 Å². The molecule has 1 aromatic carbocycles. The van der Waals surface area contributed by atoms with Crippen molar-refractivity contribution < 1.29 is 5.11 Å². The van der Waals surface area contributed by atoms with Crippen molar-refractivity contribution in [2.45, 2.75) is 50.5 Å². The molecule has 2 aliphatic rings. The van der Waals surface area contributed by atoms with Gasteiger partial charge in [-0.1, -0.05) is 36.8 Å². The van der Waals surface area contributed by atoms with E-state index in [4.69, 9.17) is 0 Å². The third-order valence-corrected chi connectivity index (χ3v) is 4.52. The minimum absolute atomic E-state index is 0.424. The van der Waals surface area contributed by atoms with Crippen molar-refractivity contribution in [2.75, 3.05) is 0 Å². The molecule has 1 heteroatoms. The second-order valence-electron chi connectivity index (χ2n) is 6.08. The molecule has 1 N–H and O–H groups in total. The van der Waals surface area contributed by atoms with E-state index in [1.54, 1.807) is 0 Å². The zero-order valence-electron chi connectivity index (χ0n) is 10.4. The molecule has 3 rings (SSSR count). The van der Waals surface area contributed by atoms with E-state index in [0.29, 0.717) is 0 Å². The fraction of sp³-hybridized carbons (Fsp3) is 0.625. The Kier molecular flexibility index (Phi) is 2.96. The summed E-state index contributed by atoms with van der Waals surface area (Å²) >= 11 is 0. The normalized spacial score (nSPS) is 33.6. The van der Waals surface area contributed by atoms with E-state index < -0.39 is 5.60 Å². The Bertz CT molecular complexity index is 368. The van der Waals surface area contributed by atoms with Crippen LogP contribution in [0.5, 0.6) is 0 Å². The highest BCUT2D eigenvalue weighted by Gasteiger charge is 2.40. The zero-order valence-corrected chi connectivity index (χ0v) is 10.4. The van der Waals surface area contributed by atoms with Gasteiger partial charge < -0.3 is 5.11 Å². The molecular weight excluding hydrogens is 208 g/mol. The summed E-state index contributed by atoms with van der Waals surface area (Å²) in [6, 6.07) is 10.5. The summed E-state index contributed by atoms with van der Waals surface area (Å²) in [7, 11) is 0. The lowest BCUT2D eigenvalue weighted by atomic mass is 9.73. The average Bonchev–Trinajstić information content (AvgIpc) is 3.13. The van der Waals surface area contributed by atoms with Crippen LogP contribution in [0.15, 0.2) is 30.3 Å². The Morgan fingerprint density at radius 2 is 1.82 bits per heavy atom. The quantitative estimate of drug-likeness (QED) is 0.841. The van der Waals surface area contributed by atoms with Gasteiger partial charge in [-0.25, -0.2) is 0 Å². The van der Waals surface area contributed by atoms with Gasteiger partial charge in [0.2, 0.25) is 0 Å². The fourth-order valence-corrected chi connectivity index (χ4v) is 3.49. The Labute approximate surface area is 104 Å². The van der Waals surface area contributed by atoms with Crippen molar-refractivity contribution in [3.8, 4) is 0 Å². The third kappa shape index (κ3) is 2.71. The van der Waals surface area contributed by atoms with Crippen LogP contribution < -0.4 is 0 Å². The summed E-state index contributed by atoms with van der Waals surface area (Å²) in [4.78, 5) is 0. The van der Waals surface area contributed by atoms with Gasteiger partial charge in [-0.3, -0.25) is 0 Å². The molecule has 0 aromatic heterocycles. The second-order valence-corrected chi connectivity index (χ2v) is 6.08. The molecule has 0 aliphatic heterocycles. The van der Waals surface area contributed by atoms with Gasteiger partial charge >= 0.3 is 0 Å². The van der Waals surface area contributed by atoms with Crippen LogP contribution in [0.1, 0.15) is 44.1 Å². The lowest BCUT2D eigenvalue weighted by molar-refractivity contribution is -0.0195. The van der Waals surface area contributed by atoms with E-state index in [2.05, 4.69) is 24.3 Å². The zero-order chi connectivity index (χ0) is 11.7. The highest BCUT2D eigenvalue weighted by atomic mass is 16.3. The van der Waals surface area contributed by atoms with E-state index >= 15 is 0 Å². The lowest BCUT2D eigenvalue weighted by Crippen LogP contribution is -2.38. The summed E-state index contributed by atoms with van der Waals surface area (Å²) in [6.45, 7) is 0. The molecule has 2 atom stereocenters. The van der Waals surface area contributed by atoms with Crippen molar-refractivity contribution >= 4 is 0 Å². The largest absolute Gasteiger partial charge is 0.390 e. The van der Waals surface area contributed by atoms with Crippen LogP contribution in [0.25, 0.3) is 0 Å². The van der Waals surface area contributed by atoms with Crippen LogP contribution in [0.2, 0.25) is 0 Å². The maximum Gasteiger partial charge on any atom is 0.0690 e. The minimum Gasteiger partial charge on any atom is -0.390 e. The molecule has 2 unspecified atom stereocenters. The minimum atomic E-state index is -0.424. The monoisotopic (exact) mass is 230 g/mol. The molecule has 0 saturated heterocycles. The Morgan fingerprint density at radius 3 is 2.53 bits per heavy atom. The summed E-state index contributed by atoms with van der Waals surface area (Å²) in [5.74, 6) is 1.75. The van der Waals surface area contributed by atoms with Crippen molar-refractivity contribution in [1.82, 2.24) is 0 Å². The van der Waals surface area contributed by atoms with Gasteiger partial charge in [0.25, 0.3) is 0 Å². The molecule has 2 aliphatic carbocycles. The van der Waals surface area contributed by atoms with Gasteiger partial charge in [-0.05, 0) is 49.5 Å². The van der Waals surface area contributed by atoms with E-state index in [9.17, 15) is 5.11 Å². The number of rotatable bonds is 3. The molecule has 1 aromatic rings. The third-order valence-electron chi connectivity index (χ3n) is 4.52. The van der Waals surface area contributed by atoms with Crippen LogP contribution in [0, 0.1) is 11.8 Å². The maximum absolute atomic E-state index is 10.8. The molecule has 2 fully saturated rings. The average molecular weight is 230 g/mol. The molecule has 0 radical (unpaired) electrons.